The molecular weight excluding hydrogens is 250 g/mol. The van der Waals surface area contributed by atoms with Gasteiger partial charge < -0.3 is 15.0 Å². The van der Waals surface area contributed by atoms with Crippen molar-refractivity contribution in [3.05, 3.63) is 15.6 Å². The van der Waals surface area contributed by atoms with Gasteiger partial charge in [0.25, 0.3) is 5.91 Å². The standard InChI is InChI=1S/C12H19N3O2S/c1-8-11(18-9(2)14-8)12(16)15(3)7-10-6-13-4-5-17-10/h10,13H,4-7H2,1-3H3. The largest absolute Gasteiger partial charge is 0.374 e. The Morgan fingerprint density at radius 3 is 2.94 bits per heavy atom. The number of ether oxygens (including phenoxy) is 1. The van der Waals surface area contributed by atoms with E-state index in [0.29, 0.717) is 13.2 Å². The topological polar surface area (TPSA) is 54.5 Å². The molecule has 1 aromatic heterocycles. The lowest BCUT2D eigenvalue weighted by Gasteiger charge is -2.27. The number of carbonyl (C=O) groups excluding carboxylic acids is 1. The number of thiazole rings is 1. The van der Waals surface area contributed by atoms with Crippen LogP contribution in [0.5, 0.6) is 0 Å². The summed E-state index contributed by atoms with van der Waals surface area (Å²) in [5.74, 6) is 0.0345. The van der Waals surface area contributed by atoms with E-state index in [1.165, 1.54) is 11.3 Å². The van der Waals surface area contributed by atoms with Crippen molar-refractivity contribution in [2.24, 2.45) is 0 Å². The second-order valence-corrected chi connectivity index (χ2v) is 5.73. The van der Waals surface area contributed by atoms with Gasteiger partial charge >= 0.3 is 0 Å². The molecule has 1 aromatic rings. The number of hydrogen-bond acceptors (Lipinski definition) is 5. The molecule has 1 N–H and O–H groups in total. The van der Waals surface area contributed by atoms with Crippen molar-refractivity contribution in [2.75, 3.05) is 33.3 Å². The third kappa shape index (κ3) is 3.07. The summed E-state index contributed by atoms with van der Waals surface area (Å²) in [6.45, 7) is 6.82. The first-order valence-electron chi connectivity index (χ1n) is 6.09. The van der Waals surface area contributed by atoms with E-state index in [1.807, 2.05) is 20.9 Å². The lowest BCUT2D eigenvalue weighted by Crippen LogP contribution is -2.45. The lowest BCUT2D eigenvalue weighted by molar-refractivity contribution is 0.0104. The Morgan fingerprint density at radius 2 is 2.39 bits per heavy atom. The van der Waals surface area contributed by atoms with Crippen LogP contribution in [0.15, 0.2) is 0 Å². The van der Waals surface area contributed by atoms with Gasteiger partial charge in [-0.25, -0.2) is 4.98 Å². The van der Waals surface area contributed by atoms with Crippen LogP contribution in [0.4, 0.5) is 0 Å². The number of nitrogens with zero attached hydrogens (tertiary/aromatic N) is 2. The number of nitrogens with one attached hydrogen (secondary N) is 1. The Morgan fingerprint density at radius 1 is 1.61 bits per heavy atom. The van der Waals surface area contributed by atoms with Gasteiger partial charge in [-0.3, -0.25) is 4.79 Å². The summed E-state index contributed by atoms with van der Waals surface area (Å²) in [6, 6.07) is 0. The molecular formula is C12H19N3O2S. The second kappa shape index (κ2) is 5.77. The Kier molecular flexibility index (Phi) is 4.31. The predicted molar refractivity (Wildman–Crippen MR) is 71.2 cm³/mol. The number of aryl methyl sites for hydroxylation is 2. The highest BCUT2D eigenvalue weighted by Crippen LogP contribution is 2.19. The average molecular weight is 269 g/mol. The Bertz CT molecular complexity index is 427. The number of likely N-dealkylation sites (N-methyl/N-ethyl adjacent to an activating group) is 1. The van der Waals surface area contributed by atoms with E-state index in [1.54, 1.807) is 4.90 Å². The molecule has 1 atom stereocenters. The van der Waals surface area contributed by atoms with Gasteiger partial charge in [0.1, 0.15) is 4.88 Å². The predicted octanol–water partition coefficient (Wildman–Crippen LogP) is 0.820. The summed E-state index contributed by atoms with van der Waals surface area (Å²) in [7, 11) is 1.81. The Hall–Kier alpha value is -0.980. The molecule has 0 radical (unpaired) electrons. The normalized spacial score (nSPS) is 19.8. The van der Waals surface area contributed by atoms with E-state index < -0.39 is 0 Å². The zero-order valence-corrected chi connectivity index (χ0v) is 11.8. The first-order valence-corrected chi connectivity index (χ1v) is 6.91. The Labute approximate surface area is 111 Å². The van der Waals surface area contributed by atoms with Gasteiger partial charge in [-0.05, 0) is 13.8 Å². The fraction of sp³-hybridized carbons (Fsp3) is 0.667. The molecule has 1 aliphatic heterocycles. The first-order chi connectivity index (χ1) is 8.58. The number of carbonyl (C=O) groups is 1. The average Bonchev–Trinajstić information content (AvgIpc) is 2.68. The molecule has 1 saturated heterocycles. The van der Waals surface area contributed by atoms with Crippen molar-refractivity contribution in [1.82, 2.24) is 15.2 Å². The van der Waals surface area contributed by atoms with Crippen LogP contribution in [0.2, 0.25) is 0 Å². The zero-order chi connectivity index (χ0) is 13.1. The molecule has 0 aliphatic carbocycles. The molecule has 1 unspecified atom stereocenters. The number of morpholine rings is 1. The maximum absolute atomic E-state index is 12.3. The minimum absolute atomic E-state index is 0.0345. The number of aromatic nitrogens is 1. The van der Waals surface area contributed by atoms with Gasteiger partial charge in [0.05, 0.1) is 23.4 Å². The lowest BCUT2D eigenvalue weighted by atomic mass is 10.2. The fourth-order valence-electron chi connectivity index (χ4n) is 2.03. The number of hydrogen-bond donors (Lipinski definition) is 1. The van der Waals surface area contributed by atoms with Crippen LogP contribution in [0.1, 0.15) is 20.4 Å². The molecule has 100 valence electrons. The smallest absolute Gasteiger partial charge is 0.265 e. The highest BCUT2D eigenvalue weighted by Gasteiger charge is 2.22. The molecule has 0 saturated carbocycles. The van der Waals surface area contributed by atoms with Crippen LogP contribution in [-0.4, -0.2) is 55.2 Å². The van der Waals surface area contributed by atoms with Gasteiger partial charge in [0.2, 0.25) is 0 Å². The van der Waals surface area contributed by atoms with Crippen molar-refractivity contribution in [1.29, 1.82) is 0 Å². The molecule has 2 heterocycles. The third-order valence-electron chi connectivity index (χ3n) is 2.93. The third-order valence-corrected chi connectivity index (χ3v) is 3.99. The molecule has 6 heteroatoms. The van der Waals surface area contributed by atoms with E-state index in [9.17, 15) is 4.79 Å². The minimum Gasteiger partial charge on any atom is -0.374 e. The summed E-state index contributed by atoms with van der Waals surface area (Å²) < 4.78 is 5.60. The summed E-state index contributed by atoms with van der Waals surface area (Å²) >= 11 is 1.45. The highest BCUT2D eigenvalue weighted by molar-refractivity contribution is 7.13. The molecule has 0 aromatic carbocycles. The summed E-state index contributed by atoms with van der Waals surface area (Å²) in [5.41, 5.74) is 0.817. The maximum Gasteiger partial charge on any atom is 0.265 e. The van der Waals surface area contributed by atoms with Gasteiger partial charge in [0, 0.05) is 26.7 Å². The van der Waals surface area contributed by atoms with Crippen LogP contribution in [0.3, 0.4) is 0 Å². The summed E-state index contributed by atoms with van der Waals surface area (Å²) in [4.78, 5) is 19.0. The van der Waals surface area contributed by atoms with Crippen LogP contribution in [0.25, 0.3) is 0 Å². The molecule has 5 nitrogen and oxygen atoms in total. The molecule has 18 heavy (non-hydrogen) atoms. The second-order valence-electron chi connectivity index (χ2n) is 4.53. The number of amides is 1. The monoisotopic (exact) mass is 269 g/mol. The molecule has 2 rings (SSSR count). The molecule has 1 fully saturated rings. The van der Waals surface area contributed by atoms with Gasteiger partial charge in [-0.1, -0.05) is 0 Å². The quantitative estimate of drug-likeness (QED) is 0.882. The molecule has 1 aliphatic rings. The van der Waals surface area contributed by atoms with E-state index in [2.05, 4.69) is 10.3 Å². The van der Waals surface area contributed by atoms with Crippen molar-refractivity contribution < 1.29 is 9.53 Å². The van der Waals surface area contributed by atoms with Crippen LogP contribution >= 0.6 is 11.3 Å². The molecule has 0 bridgehead atoms. The van der Waals surface area contributed by atoms with E-state index in [0.717, 1.165) is 28.7 Å². The van der Waals surface area contributed by atoms with E-state index in [-0.39, 0.29) is 12.0 Å². The van der Waals surface area contributed by atoms with Crippen LogP contribution < -0.4 is 5.32 Å². The van der Waals surface area contributed by atoms with Gasteiger partial charge in [0.15, 0.2) is 0 Å². The van der Waals surface area contributed by atoms with Crippen LogP contribution in [-0.2, 0) is 4.74 Å². The van der Waals surface area contributed by atoms with Crippen molar-refractivity contribution in [2.45, 2.75) is 20.0 Å². The van der Waals surface area contributed by atoms with Gasteiger partial charge in [-0.15, -0.1) is 11.3 Å². The molecule has 1 amide bonds. The van der Waals surface area contributed by atoms with Crippen molar-refractivity contribution >= 4 is 17.2 Å². The zero-order valence-electron chi connectivity index (χ0n) is 11.0. The number of rotatable bonds is 3. The SMILES string of the molecule is Cc1nc(C)c(C(=O)N(C)CC2CNCCO2)s1. The Balaban J connectivity index is 1.97. The minimum atomic E-state index is 0.0345. The molecule has 0 spiro atoms. The van der Waals surface area contributed by atoms with E-state index >= 15 is 0 Å². The first kappa shape index (κ1) is 13.5. The maximum atomic E-state index is 12.3. The van der Waals surface area contributed by atoms with Crippen LogP contribution in [0, 0.1) is 13.8 Å². The summed E-state index contributed by atoms with van der Waals surface area (Å²) in [6.07, 6.45) is 0.0852. The van der Waals surface area contributed by atoms with Crippen molar-refractivity contribution in [3.8, 4) is 0 Å². The van der Waals surface area contributed by atoms with E-state index in [4.69, 9.17) is 4.74 Å². The summed E-state index contributed by atoms with van der Waals surface area (Å²) in [5, 5.41) is 4.19. The highest BCUT2D eigenvalue weighted by atomic mass is 32.1. The van der Waals surface area contributed by atoms with Crippen molar-refractivity contribution in [3.63, 3.8) is 0 Å². The van der Waals surface area contributed by atoms with Gasteiger partial charge in [-0.2, -0.15) is 0 Å². The fourth-order valence-corrected chi connectivity index (χ4v) is 2.94.